The van der Waals surface area contributed by atoms with Gasteiger partial charge in [0.25, 0.3) is 5.56 Å². The number of alkyl halides is 3. The molecule has 1 fully saturated rings. The van der Waals surface area contributed by atoms with Gasteiger partial charge in [-0.3, -0.25) is 14.2 Å². The third-order valence-corrected chi connectivity index (χ3v) is 5.96. The molecule has 1 aromatic carbocycles. The summed E-state index contributed by atoms with van der Waals surface area (Å²) in [6.45, 7) is 4.52. The number of fused-ring (bicyclic) bond motifs is 1. The summed E-state index contributed by atoms with van der Waals surface area (Å²) in [7, 11) is 0. The Morgan fingerprint density at radius 1 is 1.05 bits per heavy atom. The summed E-state index contributed by atoms with van der Waals surface area (Å²) >= 11 is 0. The topological polar surface area (TPSA) is 91.4 Å². The minimum atomic E-state index is -4.43. The number of carbonyl (C=O) groups excluding carboxylic acids is 1. The molecule has 2 aromatic heterocycles. The first-order valence-electron chi connectivity index (χ1n) is 11.9. The number of likely N-dealkylation sites (tertiary alicyclic amines) is 1. The maximum Gasteiger partial charge on any atom is 1.00 e. The van der Waals surface area contributed by atoms with E-state index in [0.717, 1.165) is 25.1 Å². The number of amides is 1. The molecule has 3 heterocycles. The number of ether oxygens (including phenoxy) is 1. The van der Waals surface area contributed by atoms with Crippen LogP contribution in [0.5, 0.6) is 0 Å². The molecule has 0 spiro atoms. The molecule has 192 valence electrons. The van der Waals surface area contributed by atoms with Crippen LogP contribution >= 0.6 is 0 Å². The Bertz CT molecular complexity index is 1280. The predicted octanol–water partition coefficient (Wildman–Crippen LogP) is 1.54. The first-order chi connectivity index (χ1) is 17.3. The van der Waals surface area contributed by atoms with Gasteiger partial charge < -0.3 is 19.9 Å². The molecule has 0 bridgehead atoms. The minimum absolute atomic E-state index is 0. The van der Waals surface area contributed by atoms with Crippen molar-refractivity contribution in [2.24, 2.45) is 0 Å². The second kappa shape index (κ2) is 12.6. The zero-order chi connectivity index (χ0) is 25.7. The molecule has 1 aliphatic heterocycles. The summed E-state index contributed by atoms with van der Waals surface area (Å²) < 4.78 is 45.6. The molecular formula is C25H27F3LiN5O3. The summed E-state index contributed by atoms with van der Waals surface area (Å²) in [5.41, 5.74) is 0.481. The van der Waals surface area contributed by atoms with Gasteiger partial charge >= 0.3 is 25.0 Å². The Morgan fingerprint density at radius 2 is 1.81 bits per heavy atom. The first-order valence-corrected chi connectivity index (χ1v) is 11.9. The van der Waals surface area contributed by atoms with Crippen LogP contribution in [0, 0.1) is 0 Å². The van der Waals surface area contributed by atoms with E-state index in [9.17, 15) is 22.8 Å². The maximum absolute atomic E-state index is 13.2. The molecule has 0 saturated carbocycles. The van der Waals surface area contributed by atoms with Crippen molar-refractivity contribution >= 4 is 22.9 Å². The summed E-state index contributed by atoms with van der Waals surface area (Å²) in [6.07, 6.45) is -2.36. The molecule has 12 heteroatoms. The van der Waals surface area contributed by atoms with Crippen molar-refractivity contribution < 1.29 is 41.6 Å². The van der Waals surface area contributed by atoms with Crippen molar-refractivity contribution in [3.05, 3.63) is 57.6 Å². The molecule has 0 atom stereocenters. The number of hydrogen-bond donors (Lipinski definition) is 0. The Hall–Kier alpha value is -2.87. The monoisotopic (exact) mass is 509 g/mol. The predicted molar refractivity (Wildman–Crippen MR) is 129 cm³/mol. The third-order valence-electron chi connectivity index (χ3n) is 5.96. The van der Waals surface area contributed by atoms with E-state index in [2.05, 4.69) is 15.3 Å². The average Bonchev–Trinajstić information content (AvgIpc) is 3.27. The van der Waals surface area contributed by atoms with Crippen LogP contribution in [-0.4, -0.2) is 58.2 Å². The van der Waals surface area contributed by atoms with Crippen molar-refractivity contribution in [3.63, 3.8) is 0 Å². The second-order valence-corrected chi connectivity index (χ2v) is 8.42. The third kappa shape index (κ3) is 6.92. The Labute approximate surface area is 224 Å². The van der Waals surface area contributed by atoms with Crippen LogP contribution in [0.25, 0.3) is 27.7 Å². The molecule has 1 amide bonds. The van der Waals surface area contributed by atoms with Crippen LogP contribution in [0.1, 0.15) is 31.7 Å². The van der Waals surface area contributed by atoms with E-state index >= 15 is 0 Å². The number of rotatable bonds is 10. The van der Waals surface area contributed by atoms with E-state index in [1.807, 2.05) is 6.92 Å². The molecular weight excluding hydrogens is 482 g/mol. The number of aromatic nitrogens is 3. The van der Waals surface area contributed by atoms with Crippen molar-refractivity contribution in [2.75, 3.05) is 32.8 Å². The van der Waals surface area contributed by atoms with Crippen LogP contribution in [-0.2, 0) is 22.3 Å². The zero-order valence-corrected chi connectivity index (χ0v) is 20.9. The van der Waals surface area contributed by atoms with Crippen molar-refractivity contribution in [1.29, 1.82) is 0 Å². The Morgan fingerprint density at radius 3 is 2.46 bits per heavy atom. The fourth-order valence-electron chi connectivity index (χ4n) is 4.09. The van der Waals surface area contributed by atoms with Crippen molar-refractivity contribution in [2.45, 2.75) is 38.9 Å². The Balaban J connectivity index is 0.00000380. The molecule has 8 nitrogen and oxygen atoms in total. The van der Waals surface area contributed by atoms with Gasteiger partial charge in [0.05, 0.1) is 24.4 Å². The zero-order valence-electron chi connectivity index (χ0n) is 20.9. The molecule has 3 aromatic rings. The smallest absolute Gasteiger partial charge is 0.461 e. The fraction of sp³-hybridized carbons (Fsp3) is 0.440. The number of benzene rings is 1. The molecule has 0 aliphatic carbocycles. The van der Waals surface area contributed by atoms with Gasteiger partial charge in [-0.2, -0.15) is 13.2 Å². The van der Waals surface area contributed by atoms with E-state index in [1.54, 1.807) is 17.0 Å². The summed E-state index contributed by atoms with van der Waals surface area (Å²) in [4.78, 5) is 35.7. The van der Waals surface area contributed by atoms with Gasteiger partial charge in [0.2, 0.25) is 5.91 Å². The van der Waals surface area contributed by atoms with Crippen LogP contribution in [0.2, 0.25) is 0 Å². The SMILES string of the molecule is CCOCCn1c(=O)c([N-]CCCN2CCCC2=O)nc2ccc(-c3ccc(C(F)(F)F)cc3)nc21.[Li+]. The molecule has 37 heavy (non-hydrogen) atoms. The first kappa shape index (κ1) is 28.7. The van der Waals surface area contributed by atoms with Crippen LogP contribution < -0.4 is 24.4 Å². The number of hydrogen-bond acceptors (Lipinski definition) is 5. The van der Waals surface area contributed by atoms with E-state index in [4.69, 9.17) is 4.74 Å². The summed E-state index contributed by atoms with van der Waals surface area (Å²) in [5.74, 6) is 0.197. The van der Waals surface area contributed by atoms with E-state index in [0.29, 0.717) is 55.0 Å². The quantitative estimate of drug-likeness (QED) is 0.306. The number of pyridine rings is 1. The van der Waals surface area contributed by atoms with Gasteiger partial charge in [0, 0.05) is 43.0 Å². The van der Waals surface area contributed by atoms with Crippen molar-refractivity contribution in [3.8, 4) is 11.3 Å². The van der Waals surface area contributed by atoms with Gasteiger partial charge in [-0.15, -0.1) is 0 Å². The molecule has 0 N–H and O–H groups in total. The number of halogens is 3. The normalized spacial score (nSPS) is 13.7. The number of nitrogens with zero attached hydrogens (tertiary/aromatic N) is 5. The Kier molecular flexibility index (Phi) is 9.76. The minimum Gasteiger partial charge on any atom is -0.461 e. The average molecular weight is 509 g/mol. The molecule has 1 aliphatic rings. The van der Waals surface area contributed by atoms with Gasteiger partial charge in [-0.05, 0) is 44.5 Å². The molecule has 1 saturated heterocycles. The largest absolute Gasteiger partial charge is 1.00 e. The summed E-state index contributed by atoms with van der Waals surface area (Å²) in [5, 5.41) is 4.39. The van der Waals surface area contributed by atoms with Crippen LogP contribution in [0.15, 0.2) is 41.2 Å². The fourth-order valence-corrected chi connectivity index (χ4v) is 4.09. The molecule has 0 unspecified atom stereocenters. The van der Waals surface area contributed by atoms with E-state index in [1.165, 1.54) is 16.7 Å². The molecule has 4 rings (SSSR count). The maximum atomic E-state index is 13.2. The van der Waals surface area contributed by atoms with E-state index in [-0.39, 0.29) is 43.7 Å². The van der Waals surface area contributed by atoms with Crippen LogP contribution in [0.4, 0.5) is 19.0 Å². The van der Waals surface area contributed by atoms with E-state index < -0.39 is 17.3 Å². The summed E-state index contributed by atoms with van der Waals surface area (Å²) in [6, 6.07) is 8.02. The van der Waals surface area contributed by atoms with Gasteiger partial charge in [0.1, 0.15) is 5.65 Å². The van der Waals surface area contributed by atoms with Crippen LogP contribution in [0.3, 0.4) is 0 Å². The van der Waals surface area contributed by atoms with Gasteiger partial charge in [0.15, 0.2) is 0 Å². The standard InChI is InChI=1S/C25H27F3N5O3.Li/c1-2-36-16-15-33-23-20(11-10-19(31-23)17-6-8-18(9-7-17)25(26,27)28)30-22(24(33)35)29-12-4-14-32-13-3-5-21(32)34;/h6-11H,2-5,12-16H2,1H3;/q-1;+1. The van der Waals surface area contributed by atoms with Gasteiger partial charge in [-0.1, -0.05) is 18.2 Å². The second-order valence-electron chi connectivity index (χ2n) is 8.42. The molecule has 0 radical (unpaired) electrons. The van der Waals surface area contributed by atoms with Gasteiger partial charge in [-0.25, -0.2) is 4.98 Å². The van der Waals surface area contributed by atoms with Crippen molar-refractivity contribution in [1.82, 2.24) is 19.4 Å². The number of carbonyl (C=O) groups is 1.